The van der Waals surface area contributed by atoms with Crippen LogP contribution in [0.1, 0.15) is 15.9 Å². The second kappa shape index (κ2) is 6.81. The van der Waals surface area contributed by atoms with Crippen LogP contribution in [0.25, 0.3) is 10.4 Å². The number of nitrogens with one attached hydrogen (secondary N) is 1. The average Bonchev–Trinajstić information content (AvgIpc) is 3.07. The first-order valence-electron chi connectivity index (χ1n) is 6.59. The summed E-state index contributed by atoms with van der Waals surface area (Å²) in [6, 6.07) is 7.84. The number of carbonyl (C=O) groups excluding carboxylic acids is 1. The molecule has 110 valence electrons. The molecule has 0 unspecified atom stereocenters. The molecule has 22 heavy (non-hydrogen) atoms. The van der Waals surface area contributed by atoms with Crippen molar-refractivity contribution >= 4 is 33.2 Å². The highest BCUT2D eigenvalue weighted by Crippen LogP contribution is 2.24. The first-order chi connectivity index (χ1) is 10.7. The van der Waals surface area contributed by atoms with Gasteiger partial charge in [0.1, 0.15) is 0 Å². The van der Waals surface area contributed by atoms with E-state index in [9.17, 15) is 4.79 Å². The molecule has 0 bridgehead atoms. The molecular formula is C16H12BrN3OS. The molecule has 0 aliphatic rings. The van der Waals surface area contributed by atoms with Gasteiger partial charge >= 0.3 is 0 Å². The van der Waals surface area contributed by atoms with Crippen LogP contribution in [-0.2, 0) is 6.54 Å². The standard InChI is InChI=1S/C16H12BrN3OS/c17-14-5-13(9-19-10-14)16(21)20-7-11-4-12(8-18-6-11)15-2-1-3-22-15/h1-6,8-10H,7H2,(H,20,21). The quantitative estimate of drug-likeness (QED) is 0.754. The molecule has 1 N–H and O–H groups in total. The van der Waals surface area contributed by atoms with Crippen molar-refractivity contribution in [2.24, 2.45) is 0 Å². The number of rotatable bonds is 4. The van der Waals surface area contributed by atoms with E-state index in [0.29, 0.717) is 12.1 Å². The van der Waals surface area contributed by atoms with Crippen LogP contribution in [0.5, 0.6) is 0 Å². The first kappa shape index (κ1) is 14.9. The summed E-state index contributed by atoms with van der Waals surface area (Å²) in [5, 5.41) is 4.91. The molecule has 0 aliphatic heterocycles. The molecule has 0 radical (unpaired) electrons. The second-order valence-electron chi connectivity index (χ2n) is 4.63. The van der Waals surface area contributed by atoms with Crippen LogP contribution in [0.2, 0.25) is 0 Å². The normalized spacial score (nSPS) is 10.4. The summed E-state index contributed by atoms with van der Waals surface area (Å²) in [6.45, 7) is 0.428. The molecule has 0 saturated carbocycles. The fourth-order valence-corrected chi connectivity index (χ4v) is 3.06. The molecule has 3 rings (SSSR count). The van der Waals surface area contributed by atoms with Gasteiger partial charge in [-0.15, -0.1) is 11.3 Å². The van der Waals surface area contributed by atoms with Gasteiger partial charge in [-0.2, -0.15) is 0 Å². The van der Waals surface area contributed by atoms with Gasteiger partial charge in [-0.1, -0.05) is 6.07 Å². The minimum absolute atomic E-state index is 0.157. The average molecular weight is 374 g/mol. The fourth-order valence-electron chi connectivity index (χ4n) is 1.98. The van der Waals surface area contributed by atoms with E-state index >= 15 is 0 Å². The van der Waals surface area contributed by atoms with Crippen LogP contribution in [-0.4, -0.2) is 15.9 Å². The van der Waals surface area contributed by atoms with Crippen LogP contribution < -0.4 is 5.32 Å². The maximum absolute atomic E-state index is 12.1. The third-order valence-corrected chi connectivity index (χ3v) is 4.37. The highest BCUT2D eigenvalue weighted by Gasteiger charge is 2.07. The molecule has 0 saturated heterocycles. The van der Waals surface area contributed by atoms with Crippen LogP contribution in [0.15, 0.2) is 58.9 Å². The van der Waals surface area contributed by atoms with Crippen LogP contribution >= 0.6 is 27.3 Å². The second-order valence-corrected chi connectivity index (χ2v) is 6.50. The Bertz CT molecular complexity index is 790. The molecule has 3 heterocycles. The Labute approximate surface area is 140 Å². The summed E-state index contributed by atoms with van der Waals surface area (Å²) in [6.07, 6.45) is 6.78. The summed E-state index contributed by atoms with van der Waals surface area (Å²) < 4.78 is 0.779. The molecule has 3 aromatic heterocycles. The zero-order valence-electron chi connectivity index (χ0n) is 11.5. The van der Waals surface area contributed by atoms with Crippen LogP contribution in [0.3, 0.4) is 0 Å². The van der Waals surface area contributed by atoms with Gasteiger partial charge in [0.25, 0.3) is 5.91 Å². The Balaban J connectivity index is 1.69. The van der Waals surface area contributed by atoms with Crippen LogP contribution in [0, 0.1) is 0 Å². The summed E-state index contributed by atoms with van der Waals surface area (Å²) in [5.74, 6) is -0.157. The molecule has 6 heteroatoms. The van der Waals surface area contributed by atoms with Gasteiger partial charge in [-0.3, -0.25) is 14.8 Å². The Kier molecular flexibility index (Phi) is 4.60. The summed E-state index contributed by atoms with van der Waals surface area (Å²) in [4.78, 5) is 21.5. The highest BCUT2D eigenvalue weighted by molar-refractivity contribution is 9.10. The number of aromatic nitrogens is 2. The summed E-state index contributed by atoms with van der Waals surface area (Å²) >= 11 is 4.97. The zero-order valence-corrected chi connectivity index (χ0v) is 13.9. The lowest BCUT2D eigenvalue weighted by molar-refractivity contribution is 0.0950. The maximum atomic E-state index is 12.1. The molecule has 0 aliphatic carbocycles. The van der Waals surface area contributed by atoms with Crippen molar-refractivity contribution in [2.75, 3.05) is 0 Å². The number of nitrogens with zero attached hydrogens (tertiary/aromatic N) is 2. The van der Waals surface area contributed by atoms with E-state index in [2.05, 4.69) is 37.3 Å². The largest absolute Gasteiger partial charge is 0.348 e. The minimum Gasteiger partial charge on any atom is -0.348 e. The monoisotopic (exact) mass is 373 g/mol. The van der Waals surface area contributed by atoms with Crippen molar-refractivity contribution < 1.29 is 4.79 Å². The van der Waals surface area contributed by atoms with Crippen molar-refractivity contribution in [1.29, 1.82) is 0 Å². The smallest absolute Gasteiger partial charge is 0.253 e. The number of carbonyl (C=O) groups is 1. The molecule has 1 amide bonds. The SMILES string of the molecule is O=C(NCc1cncc(-c2cccs2)c1)c1cncc(Br)c1. The van der Waals surface area contributed by atoms with Gasteiger partial charge in [0.2, 0.25) is 0 Å². The molecule has 0 spiro atoms. The van der Waals surface area contributed by atoms with E-state index in [1.165, 1.54) is 0 Å². The molecule has 0 atom stereocenters. The van der Waals surface area contributed by atoms with Gasteiger partial charge in [0.05, 0.1) is 5.56 Å². The van der Waals surface area contributed by atoms with Crippen molar-refractivity contribution in [3.63, 3.8) is 0 Å². The molecule has 3 aromatic rings. The Morgan fingerprint density at radius 1 is 1.18 bits per heavy atom. The van der Waals surface area contributed by atoms with Crippen molar-refractivity contribution in [1.82, 2.24) is 15.3 Å². The van der Waals surface area contributed by atoms with Crippen molar-refractivity contribution in [3.05, 3.63) is 70.0 Å². The molecule has 4 nitrogen and oxygen atoms in total. The first-order valence-corrected chi connectivity index (χ1v) is 8.26. The summed E-state index contributed by atoms with van der Waals surface area (Å²) in [7, 11) is 0. The van der Waals surface area contributed by atoms with E-state index < -0.39 is 0 Å². The zero-order chi connectivity index (χ0) is 15.4. The molecule has 0 aromatic carbocycles. The van der Waals surface area contributed by atoms with Crippen molar-refractivity contribution in [3.8, 4) is 10.4 Å². The minimum atomic E-state index is -0.157. The predicted octanol–water partition coefficient (Wildman–Crippen LogP) is 3.90. The number of pyridine rings is 2. The Morgan fingerprint density at radius 2 is 2.05 bits per heavy atom. The Morgan fingerprint density at radius 3 is 2.82 bits per heavy atom. The van der Waals surface area contributed by atoms with E-state index in [4.69, 9.17) is 0 Å². The number of thiophene rings is 1. The number of hydrogen-bond acceptors (Lipinski definition) is 4. The van der Waals surface area contributed by atoms with Crippen molar-refractivity contribution in [2.45, 2.75) is 6.54 Å². The van der Waals surface area contributed by atoms with E-state index in [-0.39, 0.29) is 5.91 Å². The third-order valence-electron chi connectivity index (χ3n) is 3.02. The fraction of sp³-hybridized carbons (Fsp3) is 0.0625. The number of amides is 1. The van der Waals surface area contributed by atoms with Gasteiger partial charge in [-0.05, 0) is 45.1 Å². The Hall–Kier alpha value is -2.05. The maximum Gasteiger partial charge on any atom is 0.253 e. The lowest BCUT2D eigenvalue weighted by Crippen LogP contribution is -2.23. The number of halogens is 1. The number of hydrogen-bond donors (Lipinski definition) is 1. The van der Waals surface area contributed by atoms with E-state index in [0.717, 1.165) is 20.5 Å². The molecule has 0 fully saturated rings. The lowest BCUT2D eigenvalue weighted by atomic mass is 10.1. The van der Waals surface area contributed by atoms with Gasteiger partial charge in [0, 0.05) is 46.2 Å². The highest BCUT2D eigenvalue weighted by atomic mass is 79.9. The van der Waals surface area contributed by atoms with E-state index in [1.54, 1.807) is 36.0 Å². The molecular weight excluding hydrogens is 362 g/mol. The third kappa shape index (κ3) is 3.58. The summed E-state index contributed by atoms with van der Waals surface area (Å²) in [5.41, 5.74) is 2.55. The topological polar surface area (TPSA) is 54.9 Å². The van der Waals surface area contributed by atoms with Gasteiger partial charge < -0.3 is 5.32 Å². The predicted molar refractivity (Wildman–Crippen MR) is 90.7 cm³/mol. The van der Waals surface area contributed by atoms with E-state index in [1.807, 2.05) is 23.7 Å². The lowest BCUT2D eigenvalue weighted by Gasteiger charge is -2.06. The van der Waals surface area contributed by atoms with Gasteiger partial charge in [-0.25, -0.2) is 0 Å². The van der Waals surface area contributed by atoms with Gasteiger partial charge in [0.15, 0.2) is 0 Å². The van der Waals surface area contributed by atoms with Crippen LogP contribution in [0.4, 0.5) is 0 Å².